The van der Waals surface area contributed by atoms with E-state index in [1.54, 1.807) is 0 Å². The molecule has 0 spiro atoms. The number of carbonyl (C=O) groups is 1. The number of rotatable bonds is 6. The SMILES string of the molecule is Cc1cc(C)c(CC(N)C(=O)NC2CCC(C)c3ccc(Cc4ccccc4)cc32)c(C)c1. The summed E-state index contributed by atoms with van der Waals surface area (Å²) in [5.41, 5.74) is 16.4. The third kappa shape index (κ3) is 5.36. The molecule has 0 bridgehead atoms. The highest BCUT2D eigenvalue weighted by molar-refractivity contribution is 5.82. The van der Waals surface area contributed by atoms with Gasteiger partial charge >= 0.3 is 0 Å². The molecule has 172 valence electrons. The summed E-state index contributed by atoms with van der Waals surface area (Å²) < 4.78 is 0. The van der Waals surface area contributed by atoms with E-state index in [1.807, 2.05) is 6.07 Å². The van der Waals surface area contributed by atoms with Crippen molar-refractivity contribution < 1.29 is 4.79 Å². The highest BCUT2D eigenvalue weighted by atomic mass is 16.2. The molecule has 0 radical (unpaired) electrons. The lowest BCUT2D eigenvalue weighted by Crippen LogP contribution is -2.44. The zero-order chi connectivity index (χ0) is 23.5. The zero-order valence-corrected chi connectivity index (χ0v) is 20.3. The highest BCUT2D eigenvalue weighted by Crippen LogP contribution is 2.38. The zero-order valence-electron chi connectivity index (χ0n) is 20.3. The third-order valence-electron chi connectivity index (χ3n) is 7.11. The van der Waals surface area contributed by atoms with Gasteiger partial charge in [-0.3, -0.25) is 4.79 Å². The molecular formula is C30H36N2O. The summed E-state index contributed by atoms with van der Waals surface area (Å²) in [5.74, 6) is 0.443. The van der Waals surface area contributed by atoms with Gasteiger partial charge in [-0.05, 0) is 91.3 Å². The van der Waals surface area contributed by atoms with Crippen LogP contribution in [-0.4, -0.2) is 11.9 Å². The summed E-state index contributed by atoms with van der Waals surface area (Å²) in [6.45, 7) is 8.59. The van der Waals surface area contributed by atoms with E-state index in [-0.39, 0.29) is 11.9 Å². The molecule has 3 nitrogen and oxygen atoms in total. The minimum Gasteiger partial charge on any atom is -0.348 e. The fourth-order valence-corrected chi connectivity index (χ4v) is 5.32. The largest absolute Gasteiger partial charge is 0.348 e. The van der Waals surface area contributed by atoms with Crippen LogP contribution in [0.15, 0.2) is 60.7 Å². The van der Waals surface area contributed by atoms with Gasteiger partial charge in [-0.2, -0.15) is 0 Å². The number of benzene rings is 3. The first-order valence-corrected chi connectivity index (χ1v) is 12.1. The van der Waals surface area contributed by atoms with E-state index < -0.39 is 6.04 Å². The molecule has 0 aliphatic heterocycles. The maximum absolute atomic E-state index is 13.1. The maximum atomic E-state index is 13.1. The van der Waals surface area contributed by atoms with Crippen LogP contribution in [0.25, 0.3) is 0 Å². The second-order valence-electron chi connectivity index (χ2n) is 9.85. The molecule has 1 aliphatic rings. The lowest BCUT2D eigenvalue weighted by atomic mass is 9.79. The van der Waals surface area contributed by atoms with Gasteiger partial charge in [0, 0.05) is 0 Å². The van der Waals surface area contributed by atoms with Gasteiger partial charge in [0.2, 0.25) is 5.91 Å². The Bertz CT molecular complexity index is 1110. The van der Waals surface area contributed by atoms with Gasteiger partial charge in [-0.25, -0.2) is 0 Å². The Morgan fingerprint density at radius 3 is 2.33 bits per heavy atom. The Morgan fingerprint density at radius 2 is 1.64 bits per heavy atom. The lowest BCUT2D eigenvalue weighted by molar-refractivity contribution is -0.123. The average molecular weight is 441 g/mol. The fraction of sp³-hybridized carbons (Fsp3) is 0.367. The lowest BCUT2D eigenvalue weighted by Gasteiger charge is -2.32. The number of fused-ring (bicyclic) bond motifs is 1. The van der Waals surface area contributed by atoms with Crippen molar-refractivity contribution in [2.75, 3.05) is 0 Å². The molecule has 0 fully saturated rings. The van der Waals surface area contributed by atoms with Crippen LogP contribution in [0.3, 0.4) is 0 Å². The molecule has 3 heteroatoms. The van der Waals surface area contributed by atoms with Crippen LogP contribution >= 0.6 is 0 Å². The van der Waals surface area contributed by atoms with Crippen molar-refractivity contribution in [2.45, 2.75) is 71.4 Å². The molecular weight excluding hydrogens is 404 g/mol. The summed E-state index contributed by atoms with van der Waals surface area (Å²) in [5, 5.41) is 3.29. The highest BCUT2D eigenvalue weighted by Gasteiger charge is 2.28. The van der Waals surface area contributed by atoms with Crippen LogP contribution in [0.5, 0.6) is 0 Å². The molecule has 0 saturated heterocycles. The van der Waals surface area contributed by atoms with E-state index in [2.05, 4.69) is 87.6 Å². The summed E-state index contributed by atoms with van der Waals surface area (Å²) >= 11 is 0. The van der Waals surface area contributed by atoms with Gasteiger partial charge in [0.05, 0.1) is 12.1 Å². The van der Waals surface area contributed by atoms with Crippen molar-refractivity contribution in [2.24, 2.45) is 5.73 Å². The van der Waals surface area contributed by atoms with Crippen molar-refractivity contribution in [3.05, 3.63) is 105 Å². The van der Waals surface area contributed by atoms with Gasteiger partial charge in [0.25, 0.3) is 0 Å². The van der Waals surface area contributed by atoms with Crippen molar-refractivity contribution in [3.8, 4) is 0 Å². The first-order valence-electron chi connectivity index (χ1n) is 12.1. The summed E-state index contributed by atoms with van der Waals surface area (Å²) in [7, 11) is 0. The Labute approximate surface area is 198 Å². The Kier molecular flexibility index (Phi) is 6.99. The second-order valence-corrected chi connectivity index (χ2v) is 9.85. The third-order valence-corrected chi connectivity index (χ3v) is 7.11. The Morgan fingerprint density at radius 1 is 0.939 bits per heavy atom. The van der Waals surface area contributed by atoms with Crippen LogP contribution in [0, 0.1) is 20.8 Å². The molecule has 3 aromatic rings. The minimum atomic E-state index is -0.555. The molecule has 3 N–H and O–H groups in total. The van der Waals surface area contributed by atoms with Crippen LogP contribution in [0.2, 0.25) is 0 Å². The van der Waals surface area contributed by atoms with E-state index in [0.29, 0.717) is 12.3 Å². The van der Waals surface area contributed by atoms with E-state index >= 15 is 0 Å². The number of aryl methyl sites for hydroxylation is 3. The van der Waals surface area contributed by atoms with E-state index in [1.165, 1.54) is 44.5 Å². The van der Waals surface area contributed by atoms with Gasteiger partial charge in [-0.1, -0.05) is 73.2 Å². The summed E-state index contributed by atoms with van der Waals surface area (Å²) in [6.07, 6.45) is 3.48. The standard InChI is InChI=1S/C30H36N2O/c1-19-14-21(3)26(22(4)15-19)18-28(31)30(33)32-29-13-10-20(2)25-12-11-24(17-27(25)29)16-23-8-6-5-7-9-23/h5-9,11-12,14-15,17,20,28-29H,10,13,16,18,31H2,1-4H3,(H,32,33). The summed E-state index contributed by atoms with van der Waals surface area (Å²) in [6, 6.07) is 21.1. The van der Waals surface area contributed by atoms with Gasteiger partial charge in [0.15, 0.2) is 0 Å². The molecule has 0 saturated carbocycles. The van der Waals surface area contributed by atoms with Crippen LogP contribution in [0.1, 0.15) is 76.2 Å². The monoisotopic (exact) mass is 440 g/mol. The van der Waals surface area contributed by atoms with Crippen LogP contribution < -0.4 is 11.1 Å². The van der Waals surface area contributed by atoms with Crippen LogP contribution in [-0.2, 0) is 17.6 Å². The van der Waals surface area contributed by atoms with E-state index in [4.69, 9.17) is 5.73 Å². The van der Waals surface area contributed by atoms with E-state index in [0.717, 1.165) is 19.3 Å². The topological polar surface area (TPSA) is 55.1 Å². The number of carbonyl (C=O) groups excluding carboxylic acids is 1. The molecule has 1 aliphatic carbocycles. The fourth-order valence-electron chi connectivity index (χ4n) is 5.32. The molecule has 3 aromatic carbocycles. The van der Waals surface area contributed by atoms with Crippen LogP contribution in [0.4, 0.5) is 0 Å². The molecule has 1 amide bonds. The second kappa shape index (κ2) is 9.93. The van der Waals surface area contributed by atoms with Gasteiger partial charge < -0.3 is 11.1 Å². The first kappa shape index (κ1) is 23.3. The predicted octanol–water partition coefficient (Wildman–Crippen LogP) is 5.83. The van der Waals surface area contributed by atoms with Gasteiger partial charge in [0.1, 0.15) is 0 Å². The van der Waals surface area contributed by atoms with Crippen molar-refractivity contribution in [3.63, 3.8) is 0 Å². The molecule has 0 aromatic heterocycles. The first-order chi connectivity index (χ1) is 15.8. The predicted molar refractivity (Wildman–Crippen MR) is 137 cm³/mol. The van der Waals surface area contributed by atoms with Crippen molar-refractivity contribution in [1.82, 2.24) is 5.32 Å². The molecule has 3 atom stereocenters. The molecule has 33 heavy (non-hydrogen) atoms. The number of amides is 1. The number of nitrogens with one attached hydrogen (secondary N) is 1. The van der Waals surface area contributed by atoms with Crippen molar-refractivity contribution in [1.29, 1.82) is 0 Å². The minimum absolute atomic E-state index is 0.0192. The molecule has 4 rings (SSSR count). The Balaban J connectivity index is 1.51. The smallest absolute Gasteiger partial charge is 0.237 e. The average Bonchev–Trinajstić information content (AvgIpc) is 2.78. The number of nitrogens with two attached hydrogens (primary N) is 1. The van der Waals surface area contributed by atoms with Gasteiger partial charge in [-0.15, -0.1) is 0 Å². The van der Waals surface area contributed by atoms with E-state index in [9.17, 15) is 4.79 Å². The number of hydrogen-bond donors (Lipinski definition) is 2. The number of hydrogen-bond acceptors (Lipinski definition) is 2. The summed E-state index contributed by atoms with van der Waals surface area (Å²) in [4.78, 5) is 13.1. The Hall–Kier alpha value is -2.91. The molecule has 0 heterocycles. The van der Waals surface area contributed by atoms with Crippen molar-refractivity contribution >= 4 is 5.91 Å². The normalized spacial score (nSPS) is 18.5. The molecule has 3 unspecified atom stereocenters. The quantitative estimate of drug-likeness (QED) is 0.507. The maximum Gasteiger partial charge on any atom is 0.237 e.